The highest BCUT2D eigenvalue weighted by molar-refractivity contribution is 5.97. The fraction of sp³-hybridized carbons (Fsp3) is 0.417. The Kier molecular flexibility index (Phi) is 6.79. The fourth-order valence-electron chi connectivity index (χ4n) is 4.70. The van der Waals surface area contributed by atoms with Gasteiger partial charge >= 0.3 is 0 Å². The number of benzene rings is 2. The van der Waals surface area contributed by atoms with Crippen LogP contribution in [0.1, 0.15) is 41.1 Å². The number of halogens is 3. The average Bonchev–Trinajstić information content (AvgIpc) is 3.28. The molecule has 8 heteroatoms. The summed E-state index contributed by atoms with van der Waals surface area (Å²) in [5.74, 6) is -4.52. The van der Waals surface area contributed by atoms with Crippen molar-refractivity contribution >= 4 is 11.8 Å². The van der Waals surface area contributed by atoms with Crippen molar-refractivity contribution in [2.75, 3.05) is 32.7 Å². The molecule has 2 aromatic carbocycles. The zero-order valence-corrected chi connectivity index (χ0v) is 17.7. The Labute approximate surface area is 185 Å². The summed E-state index contributed by atoms with van der Waals surface area (Å²) in [6, 6.07) is 11.7. The monoisotopic (exact) mass is 445 g/mol. The maximum Gasteiger partial charge on any atom is 0.257 e. The molecule has 5 nitrogen and oxygen atoms in total. The Balaban J connectivity index is 1.25. The second-order valence-corrected chi connectivity index (χ2v) is 8.43. The normalized spacial score (nSPS) is 19.8. The van der Waals surface area contributed by atoms with Crippen LogP contribution in [0, 0.1) is 17.5 Å². The van der Waals surface area contributed by atoms with Crippen LogP contribution in [-0.4, -0.2) is 60.4 Å². The van der Waals surface area contributed by atoms with Gasteiger partial charge in [-0.15, -0.1) is 0 Å². The Hall–Kier alpha value is -2.87. The quantitative estimate of drug-likeness (QED) is 0.769. The molecule has 4 rings (SSSR count). The summed E-state index contributed by atoms with van der Waals surface area (Å²) in [6.07, 6.45) is 3.02. The van der Waals surface area contributed by atoms with Gasteiger partial charge in [-0.05, 0) is 43.8 Å². The van der Waals surface area contributed by atoms with Crippen LogP contribution in [0.2, 0.25) is 0 Å². The maximum atomic E-state index is 13.7. The first kappa shape index (κ1) is 22.3. The van der Waals surface area contributed by atoms with Gasteiger partial charge in [-0.3, -0.25) is 14.5 Å². The molecule has 0 spiro atoms. The minimum absolute atomic E-state index is 0.276. The van der Waals surface area contributed by atoms with Gasteiger partial charge in [-0.2, -0.15) is 0 Å². The smallest absolute Gasteiger partial charge is 0.257 e. The molecule has 2 aliphatic heterocycles. The number of nitrogens with zero attached hydrogens (tertiary/aromatic N) is 2. The molecule has 2 saturated heterocycles. The topological polar surface area (TPSA) is 52.7 Å². The first-order chi connectivity index (χ1) is 15.4. The number of likely N-dealkylation sites (tertiary alicyclic amines) is 2. The minimum Gasteiger partial charge on any atom is -0.343 e. The standard InChI is InChI=1S/C24H26F3N3O2/c25-18-12-20(26)23(21(27)13-18)24(32)28-14-22(31)30-11-8-19(15-30)29-9-6-17(7-10-29)16-4-2-1-3-5-16/h1-5,12-13,17,19H,6-11,14-15H2,(H,28,32). The number of rotatable bonds is 5. The summed E-state index contributed by atoms with van der Waals surface area (Å²) >= 11 is 0. The summed E-state index contributed by atoms with van der Waals surface area (Å²) in [5, 5.41) is 2.25. The molecule has 0 radical (unpaired) electrons. The molecule has 2 aromatic rings. The van der Waals surface area contributed by atoms with Gasteiger partial charge in [0, 0.05) is 31.3 Å². The summed E-state index contributed by atoms with van der Waals surface area (Å²) < 4.78 is 40.5. The van der Waals surface area contributed by atoms with Gasteiger partial charge in [0.15, 0.2) is 0 Å². The van der Waals surface area contributed by atoms with E-state index in [1.54, 1.807) is 4.90 Å². The third-order valence-electron chi connectivity index (χ3n) is 6.47. The van der Waals surface area contributed by atoms with Gasteiger partial charge < -0.3 is 10.2 Å². The summed E-state index contributed by atoms with van der Waals surface area (Å²) in [7, 11) is 0. The van der Waals surface area contributed by atoms with Crippen molar-refractivity contribution in [2.24, 2.45) is 0 Å². The van der Waals surface area contributed by atoms with Crippen molar-refractivity contribution < 1.29 is 22.8 Å². The Morgan fingerprint density at radius 3 is 2.25 bits per heavy atom. The van der Waals surface area contributed by atoms with Crippen LogP contribution >= 0.6 is 0 Å². The lowest BCUT2D eigenvalue weighted by Gasteiger charge is -2.36. The molecule has 0 aliphatic carbocycles. The van der Waals surface area contributed by atoms with Crippen molar-refractivity contribution in [1.29, 1.82) is 0 Å². The van der Waals surface area contributed by atoms with E-state index in [9.17, 15) is 22.8 Å². The number of nitrogens with one attached hydrogen (secondary N) is 1. The zero-order chi connectivity index (χ0) is 22.7. The molecular formula is C24H26F3N3O2. The van der Waals surface area contributed by atoms with E-state index in [4.69, 9.17) is 0 Å². The molecule has 1 N–H and O–H groups in total. The van der Waals surface area contributed by atoms with Gasteiger partial charge in [0.05, 0.1) is 6.54 Å². The van der Waals surface area contributed by atoms with E-state index in [2.05, 4.69) is 34.5 Å². The fourth-order valence-corrected chi connectivity index (χ4v) is 4.70. The highest BCUT2D eigenvalue weighted by Gasteiger charge is 2.33. The number of carbonyl (C=O) groups is 2. The number of hydrogen-bond acceptors (Lipinski definition) is 3. The molecule has 1 unspecified atom stereocenters. The molecule has 2 fully saturated rings. The van der Waals surface area contributed by atoms with Crippen molar-refractivity contribution in [3.63, 3.8) is 0 Å². The van der Waals surface area contributed by atoms with Crippen LogP contribution in [0.25, 0.3) is 0 Å². The van der Waals surface area contributed by atoms with Crippen LogP contribution in [-0.2, 0) is 4.79 Å². The summed E-state index contributed by atoms with van der Waals surface area (Å²) in [4.78, 5) is 28.7. The van der Waals surface area contributed by atoms with E-state index in [0.717, 1.165) is 32.4 Å². The molecule has 32 heavy (non-hydrogen) atoms. The molecule has 2 amide bonds. The third-order valence-corrected chi connectivity index (χ3v) is 6.47. The number of piperidine rings is 1. The Morgan fingerprint density at radius 2 is 1.59 bits per heavy atom. The molecule has 0 saturated carbocycles. The molecule has 0 bridgehead atoms. The lowest BCUT2D eigenvalue weighted by molar-refractivity contribution is -0.129. The lowest BCUT2D eigenvalue weighted by atomic mass is 9.89. The summed E-state index contributed by atoms with van der Waals surface area (Å²) in [6.45, 7) is 2.75. The van der Waals surface area contributed by atoms with Crippen LogP contribution in [0.3, 0.4) is 0 Å². The van der Waals surface area contributed by atoms with Crippen LogP contribution in [0.15, 0.2) is 42.5 Å². The van der Waals surface area contributed by atoms with E-state index < -0.39 is 28.9 Å². The van der Waals surface area contributed by atoms with Gasteiger partial charge in [0.1, 0.15) is 23.0 Å². The number of hydrogen-bond donors (Lipinski definition) is 1. The zero-order valence-electron chi connectivity index (χ0n) is 17.7. The first-order valence-electron chi connectivity index (χ1n) is 10.9. The molecule has 2 aliphatic rings. The maximum absolute atomic E-state index is 13.7. The average molecular weight is 445 g/mol. The second-order valence-electron chi connectivity index (χ2n) is 8.43. The van der Waals surface area contributed by atoms with Crippen LogP contribution in [0.4, 0.5) is 13.2 Å². The van der Waals surface area contributed by atoms with E-state index in [-0.39, 0.29) is 18.5 Å². The molecule has 0 aromatic heterocycles. The van der Waals surface area contributed by atoms with Gasteiger partial charge in [-0.1, -0.05) is 30.3 Å². The SMILES string of the molecule is O=C(NCC(=O)N1CCC(N2CCC(c3ccccc3)CC2)C1)c1c(F)cc(F)cc1F. The van der Waals surface area contributed by atoms with Crippen molar-refractivity contribution in [3.05, 3.63) is 71.0 Å². The Morgan fingerprint density at radius 1 is 0.938 bits per heavy atom. The molecular weight excluding hydrogens is 419 g/mol. The van der Waals surface area contributed by atoms with Crippen LogP contribution in [0.5, 0.6) is 0 Å². The van der Waals surface area contributed by atoms with E-state index in [1.807, 2.05) is 6.07 Å². The van der Waals surface area contributed by atoms with Crippen molar-refractivity contribution in [1.82, 2.24) is 15.1 Å². The number of carbonyl (C=O) groups excluding carboxylic acids is 2. The van der Waals surface area contributed by atoms with Gasteiger partial charge in [0.25, 0.3) is 5.91 Å². The predicted molar refractivity (Wildman–Crippen MR) is 114 cm³/mol. The molecule has 170 valence electrons. The van der Waals surface area contributed by atoms with E-state index in [1.165, 1.54) is 5.56 Å². The third kappa shape index (κ3) is 4.96. The largest absolute Gasteiger partial charge is 0.343 e. The van der Waals surface area contributed by atoms with Gasteiger partial charge in [-0.25, -0.2) is 13.2 Å². The highest BCUT2D eigenvalue weighted by atomic mass is 19.1. The van der Waals surface area contributed by atoms with Crippen molar-refractivity contribution in [3.8, 4) is 0 Å². The first-order valence-corrected chi connectivity index (χ1v) is 10.9. The van der Waals surface area contributed by atoms with Gasteiger partial charge in [0.2, 0.25) is 5.91 Å². The lowest BCUT2D eigenvalue weighted by Crippen LogP contribution is -2.44. The van der Waals surface area contributed by atoms with E-state index in [0.29, 0.717) is 31.1 Å². The number of amides is 2. The molecule has 2 heterocycles. The van der Waals surface area contributed by atoms with Crippen LogP contribution < -0.4 is 5.32 Å². The van der Waals surface area contributed by atoms with Crippen molar-refractivity contribution in [2.45, 2.75) is 31.2 Å². The highest BCUT2D eigenvalue weighted by Crippen LogP contribution is 2.30. The predicted octanol–water partition coefficient (Wildman–Crippen LogP) is 3.31. The Bertz CT molecular complexity index is 955. The second kappa shape index (κ2) is 9.73. The molecule has 1 atom stereocenters. The summed E-state index contributed by atoms with van der Waals surface area (Å²) in [5.41, 5.74) is 0.486. The minimum atomic E-state index is -1.30. The van der Waals surface area contributed by atoms with E-state index >= 15 is 0 Å².